The van der Waals surface area contributed by atoms with Crippen LogP contribution in [0.15, 0.2) is 47.8 Å². The first-order chi connectivity index (χ1) is 13.7. The fourth-order valence-electron chi connectivity index (χ4n) is 4.16. The molecule has 3 atom stereocenters. The lowest BCUT2D eigenvalue weighted by Gasteiger charge is -2.32. The number of thioether (sulfide) groups is 1. The summed E-state index contributed by atoms with van der Waals surface area (Å²) in [7, 11) is 0. The maximum atomic E-state index is 13.0. The Morgan fingerprint density at radius 2 is 2.07 bits per heavy atom. The number of amides is 1. The third kappa shape index (κ3) is 3.17. The molecule has 0 spiro atoms. The van der Waals surface area contributed by atoms with Crippen molar-refractivity contribution >= 4 is 34.2 Å². The van der Waals surface area contributed by atoms with Crippen LogP contribution in [0.25, 0.3) is 0 Å². The van der Waals surface area contributed by atoms with E-state index in [4.69, 9.17) is 4.99 Å². The molecule has 3 aliphatic rings. The summed E-state index contributed by atoms with van der Waals surface area (Å²) in [6.07, 6.45) is 7.49. The first kappa shape index (κ1) is 17.7. The van der Waals surface area contributed by atoms with Gasteiger partial charge in [0.05, 0.1) is 17.9 Å². The molecule has 0 aliphatic carbocycles. The minimum absolute atomic E-state index is 0.0551. The van der Waals surface area contributed by atoms with Gasteiger partial charge in [-0.05, 0) is 43.0 Å². The van der Waals surface area contributed by atoms with Crippen molar-refractivity contribution in [2.75, 3.05) is 29.4 Å². The van der Waals surface area contributed by atoms with Crippen LogP contribution in [0.1, 0.15) is 25.3 Å². The zero-order valence-electron chi connectivity index (χ0n) is 15.9. The second-order valence-corrected chi connectivity index (χ2v) is 8.91. The van der Waals surface area contributed by atoms with Crippen molar-refractivity contribution in [2.45, 2.75) is 31.1 Å². The van der Waals surface area contributed by atoms with Crippen LogP contribution in [0.2, 0.25) is 0 Å². The molecule has 0 bridgehead atoms. The van der Waals surface area contributed by atoms with E-state index in [1.165, 1.54) is 6.42 Å². The number of aromatic nitrogens is 2. The van der Waals surface area contributed by atoms with Gasteiger partial charge in [-0.25, -0.2) is 4.98 Å². The second-order valence-electron chi connectivity index (χ2n) is 7.77. The summed E-state index contributed by atoms with van der Waals surface area (Å²) in [5.74, 6) is 1.89. The first-order valence-corrected chi connectivity index (χ1v) is 10.7. The predicted octanol–water partition coefficient (Wildman–Crippen LogP) is 2.99. The van der Waals surface area contributed by atoms with Gasteiger partial charge in [0.1, 0.15) is 16.1 Å². The van der Waals surface area contributed by atoms with Crippen LogP contribution in [-0.2, 0) is 4.79 Å². The molecular formula is C21H23N5OS. The van der Waals surface area contributed by atoms with E-state index < -0.39 is 0 Å². The Hall–Kier alpha value is -2.41. The molecular weight excluding hydrogens is 370 g/mol. The third-order valence-electron chi connectivity index (χ3n) is 5.73. The largest absolute Gasteiger partial charge is 0.356 e. The van der Waals surface area contributed by atoms with Crippen molar-refractivity contribution in [3.05, 3.63) is 48.4 Å². The van der Waals surface area contributed by atoms with Crippen molar-refractivity contribution in [3.8, 4) is 0 Å². The molecule has 2 fully saturated rings. The number of fused-ring (bicyclic) bond motifs is 1. The van der Waals surface area contributed by atoms with Crippen molar-refractivity contribution in [1.29, 1.82) is 0 Å². The van der Waals surface area contributed by atoms with Crippen LogP contribution < -0.4 is 9.80 Å². The smallest absolute Gasteiger partial charge is 0.242 e. The van der Waals surface area contributed by atoms with Gasteiger partial charge in [-0.15, -0.1) is 0 Å². The molecule has 0 radical (unpaired) electrons. The van der Waals surface area contributed by atoms with Crippen molar-refractivity contribution in [1.82, 2.24) is 9.97 Å². The third-order valence-corrected chi connectivity index (χ3v) is 7.06. The number of carbonyl (C=O) groups is 1. The van der Waals surface area contributed by atoms with Crippen LogP contribution >= 0.6 is 11.8 Å². The number of hydrogen-bond acceptors (Lipinski definition) is 6. The lowest BCUT2D eigenvalue weighted by Crippen LogP contribution is -2.48. The molecule has 2 unspecified atom stereocenters. The minimum atomic E-state index is -0.150. The number of pyridine rings is 2. The Balaban J connectivity index is 1.31. The van der Waals surface area contributed by atoms with E-state index in [2.05, 4.69) is 33.9 Å². The maximum Gasteiger partial charge on any atom is 0.242 e. The number of carbonyl (C=O) groups excluding carboxylic acids is 1. The molecule has 2 aromatic rings. The highest BCUT2D eigenvalue weighted by atomic mass is 32.2. The number of rotatable bonds is 3. The second kappa shape index (κ2) is 7.20. The van der Waals surface area contributed by atoms with E-state index in [1.54, 1.807) is 24.2 Å². The summed E-state index contributed by atoms with van der Waals surface area (Å²) in [6.45, 7) is 5.12. The Morgan fingerprint density at radius 1 is 1.14 bits per heavy atom. The van der Waals surface area contributed by atoms with Gasteiger partial charge in [0.15, 0.2) is 0 Å². The van der Waals surface area contributed by atoms with Gasteiger partial charge < -0.3 is 9.80 Å². The van der Waals surface area contributed by atoms with E-state index >= 15 is 0 Å². The van der Waals surface area contributed by atoms with Crippen LogP contribution in [0.4, 0.5) is 11.5 Å². The molecule has 5 heterocycles. The Labute approximate surface area is 169 Å². The van der Waals surface area contributed by atoms with E-state index in [-0.39, 0.29) is 17.2 Å². The maximum absolute atomic E-state index is 13.0. The average molecular weight is 394 g/mol. The SMILES string of the molecule is C[C@H]1CCN(c2ccc(C3=NC4CCN(c5cccnc5)C(=O)C4S3)cn2)C1. The zero-order chi connectivity index (χ0) is 19.1. The number of nitrogens with zero attached hydrogens (tertiary/aromatic N) is 5. The Morgan fingerprint density at radius 3 is 2.79 bits per heavy atom. The van der Waals surface area contributed by atoms with Crippen LogP contribution in [-0.4, -0.2) is 51.8 Å². The number of anilines is 2. The van der Waals surface area contributed by atoms with Gasteiger partial charge in [-0.2, -0.15) is 0 Å². The Kier molecular flexibility index (Phi) is 4.55. The summed E-state index contributed by atoms with van der Waals surface area (Å²) in [6, 6.07) is 8.04. The minimum Gasteiger partial charge on any atom is -0.356 e. The number of aliphatic imine (C=N–C) groups is 1. The fourth-order valence-corrected chi connectivity index (χ4v) is 5.43. The van der Waals surface area contributed by atoms with E-state index in [1.807, 2.05) is 23.2 Å². The summed E-state index contributed by atoms with van der Waals surface area (Å²) in [4.78, 5) is 30.9. The molecule has 2 saturated heterocycles. The predicted molar refractivity (Wildman–Crippen MR) is 113 cm³/mol. The molecule has 0 aromatic carbocycles. The molecule has 144 valence electrons. The van der Waals surface area contributed by atoms with Gasteiger partial charge in [0, 0.05) is 37.6 Å². The summed E-state index contributed by atoms with van der Waals surface area (Å²) >= 11 is 1.58. The van der Waals surface area contributed by atoms with Crippen LogP contribution in [0.3, 0.4) is 0 Å². The summed E-state index contributed by atoms with van der Waals surface area (Å²) in [5, 5.41) is 0.785. The van der Waals surface area contributed by atoms with Crippen molar-refractivity contribution in [2.24, 2.45) is 10.9 Å². The fraction of sp³-hybridized carbons (Fsp3) is 0.429. The standard InChI is InChI=1S/C21H23N5OS/c1-14-6-9-25(13-14)18-5-4-15(11-23-18)20-24-17-7-10-26(21(27)19(17)28-20)16-3-2-8-22-12-16/h2-5,8,11-12,14,17,19H,6-7,9-10,13H2,1H3/t14-,17?,19?/m0/s1. The van der Waals surface area contributed by atoms with Crippen LogP contribution in [0, 0.1) is 5.92 Å². The highest BCUT2D eigenvalue weighted by Crippen LogP contribution is 2.37. The Bertz CT molecular complexity index is 901. The zero-order valence-corrected chi connectivity index (χ0v) is 16.7. The lowest BCUT2D eigenvalue weighted by atomic mass is 10.0. The molecule has 28 heavy (non-hydrogen) atoms. The first-order valence-electron chi connectivity index (χ1n) is 9.86. The number of piperidine rings is 1. The van der Waals surface area contributed by atoms with Crippen molar-refractivity contribution < 1.29 is 4.79 Å². The van der Waals surface area contributed by atoms with Gasteiger partial charge in [-0.1, -0.05) is 18.7 Å². The number of hydrogen-bond donors (Lipinski definition) is 0. The molecule has 3 aliphatic heterocycles. The van der Waals surface area contributed by atoms with Gasteiger partial charge in [0.2, 0.25) is 5.91 Å². The normalized spacial score (nSPS) is 27.1. The highest BCUT2D eigenvalue weighted by Gasteiger charge is 2.42. The topological polar surface area (TPSA) is 61.7 Å². The van der Waals surface area contributed by atoms with E-state index in [0.717, 1.165) is 47.5 Å². The molecule has 1 amide bonds. The summed E-state index contributed by atoms with van der Waals surface area (Å²) < 4.78 is 0. The molecule has 0 N–H and O–H groups in total. The van der Waals surface area contributed by atoms with Gasteiger partial charge in [-0.3, -0.25) is 14.8 Å². The van der Waals surface area contributed by atoms with Gasteiger partial charge in [0.25, 0.3) is 0 Å². The van der Waals surface area contributed by atoms with Crippen LogP contribution in [0.5, 0.6) is 0 Å². The highest BCUT2D eigenvalue weighted by molar-refractivity contribution is 8.15. The monoisotopic (exact) mass is 393 g/mol. The molecule has 6 nitrogen and oxygen atoms in total. The average Bonchev–Trinajstić information content (AvgIpc) is 3.36. The molecule has 2 aromatic heterocycles. The van der Waals surface area contributed by atoms with Gasteiger partial charge >= 0.3 is 0 Å². The molecule has 0 saturated carbocycles. The molecule has 7 heteroatoms. The summed E-state index contributed by atoms with van der Waals surface area (Å²) in [5.41, 5.74) is 1.88. The molecule has 5 rings (SSSR count). The van der Waals surface area contributed by atoms with E-state index in [0.29, 0.717) is 6.54 Å². The lowest BCUT2D eigenvalue weighted by molar-refractivity contribution is -0.119. The van der Waals surface area contributed by atoms with Crippen molar-refractivity contribution in [3.63, 3.8) is 0 Å². The van der Waals surface area contributed by atoms with E-state index in [9.17, 15) is 4.79 Å². The quantitative estimate of drug-likeness (QED) is 0.802.